The Hall–Kier alpha value is -0.830. The van der Waals surface area contributed by atoms with Crippen LogP contribution < -0.4 is 5.32 Å². The van der Waals surface area contributed by atoms with Gasteiger partial charge in [-0.2, -0.15) is 0 Å². The first-order valence-electron chi connectivity index (χ1n) is 5.79. The predicted molar refractivity (Wildman–Crippen MR) is 60.8 cm³/mol. The molecule has 86 valence electrons. The van der Waals surface area contributed by atoms with Crippen LogP contribution in [0.4, 0.5) is 0 Å². The van der Waals surface area contributed by atoms with Crippen molar-refractivity contribution < 1.29 is 9.90 Å². The van der Waals surface area contributed by atoms with E-state index in [1.54, 1.807) is 0 Å². The molecular formula is C12H21NO2. The number of carboxylic acid groups (broad SMARTS) is 1. The summed E-state index contributed by atoms with van der Waals surface area (Å²) < 4.78 is 0. The highest BCUT2D eigenvalue weighted by atomic mass is 16.4. The van der Waals surface area contributed by atoms with E-state index in [0.29, 0.717) is 0 Å². The van der Waals surface area contributed by atoms with E-state index in [2.05, 4.69) is 24.4 Å². The fraction of sp³-hybridized carbons (Fsp3) is 0.750. The summed E-state index contributed by atoms with van der Waals surface area (Å²) in [6.45, 7) is 4.10. The summed E-state index contributed by atoms with van der Waals surface area (Å²) in [5, 5.41) is 12.4. The molecule has 0 bridgehead atoms. The lowest BCUT2D eigenvalue weighted by Crippen LogP contribution is -2.47. The Labute approximate surface area is 91.6 Å². The average molecular weight is 211 g/mol. The van der Waals surface area contributed by atoms with Gasteiger partial charge in [-0.3, -0.25) is 4.79 Å². The van der Waals surface area contributed by atoms with Crippen LogP contribution in [0.5, 0.6) is 0 Å². The van der Waals surface area contributed by atoms with Crippen molar-refractivity contribution in [2.75, 3.05) is 0 Å². The van der Waals surface area contributed by atoms with Gasteiger partial charge in [-0.1, -0.05) is 19.1 Å². The largest absolute Gasteiger partial charge is 0.480 e. The summed E-state index contributed by atoms with van der Waals surface area (Å²) in [6, 6.07) is -0.109. The van der Waals surface area contributed by atoms with Gasteiger partial charge in [-0.15, -0.1) is 0 Å². The predicted octanol–water partition coefficient (Wildman–Crippen LogP) is 2.18. The van der Waals surface area contributed by atoms with Crippen molar-refractivity contribution >= 4 is 5.97 Å². The number of rotatable bonds is 5. The third kappa shape index (κ3) is 3.67. The summed E-state index contributed by atoms with van der Waals surface area (Å²) in [7, 11) is 0. The van der Waals surface area contributed by atoms with Crippen molar-refractivity contribution in [3.8, 4) is 0 Å². The molecule has 0 saturated heterocycles. The number of aliphatic carboxylic acids is 1. The van der Waals surface area contributed by atoms with Gasteiger partial charge in [-0.25, -0.2) is 0 Å². The van der Waals surface area contributed by atoms with Gasteiger partial charge in [0.25, 0.3) is 0 Å². The van der Waals surface area contributed by atoms with Gasteiger partial charge in [0.2, 0.25) is 0 Å². The molecule has 0 saturated carbocycles. The molecular weight excluding hydrogens is 190 g/mol. The van der Waals surface area contributed by atoms with E-state index in [0.717, 1.165) is 25.7 Å². The van der Waals surface area contributed by atoms with Crippen LogP contribution in [0.3, 0.4) is 0 Å². The highest BCUT2D eigenvalue weighted by Gasteiger charge is 2.28. The lowest BCUT2D eigenvalue weighted by atomic mass is 9.87. The molecule has 0 fully saturated rings. The molecule has 3 atom stereocenters. The zero-order valence-corrected chi connectivity index (χ0v) is 9.57. The summed E-state index contributed by atoms with van der Waals surface area (Å²) in [5.41, 5.74) is 0. The van der Waals surface area contributed by atoms with Crippen LogP contribution in [-0.2, 0) is 4.79 Å². The Morgan fingerprint density at radius 1 is 1.60 bits per heavy atom. The Kier molecular flexibility index (Phi) is 4.82. The van der Waals surface area contributed by atoms with Crippen molar-refractivity contribution in [2.24, 2.45) is 5.92 Å². The molecule has 3 nitrogen and oxygen atoms in total. The van der Waals surface area contributed by atoms with Crippen LogP contribution in [0, 0.1) is 5.92 Å². The SMILES string of the molecule is CCC(C)NC(C(=O)O)C1CC=CCC1. The Balaban J connectivity index is 2.56. The third-order valence-electron chi connectivity index (χ3n) is 3.12. The fourth-order valence-electron chi connectivity index (χ4n) is 1.95. The first-order chi connectivity index (χ1) is 7.15. The van der Waals surface area contributed by atoms with Crippen LogP contribution in [-0.4, -0.2) is 23.2 Å². The number of allylic oxidation sites excluding steroid dienone is 2. The summed E-state index contributed by atoms with van der Waals surface area (Å²) >= 11 is 0. The number of hydrogen-bond acceptors (Lipinski definition) is 2. The standard InChI is InChI=1S/C12H21NO2/c1-3-9(2)13-11(12(14)15)10-7-5-4-6-8-10/h4-5,9-11,13H,3,6-8H2,1-2H3,(H,14,15). The minimum Gasteiger partial charge on any atom is -0.480 e. The van der Waals surface area contributed by atoms with Crippen molar-refractivity contribution in [2.45, 2.75) is 51.6 Å². The quantitative estimate of drug-likeness (QED) is 0.685. The smallest absolute Gasteiger partial charge is 0.321 e. The second-order valence-electron chi connectivity index (χ2n) is 4.34. The topological polar surface area (TPSA) is 49.3 Å². The molecule has 0 radical (unpaired) electrons. The van der Waals surface area contributed by atoms with Crippen LogP contribution in [0.25, 0.3) is 0 Å². The first kappa shape index (κ1) is 12.2. The molecule has 0 spiro atoms. The summed E-state index contributed by atoms with van der Waals surface area (Å²) in [4.78, 5) is 11.2. The van der Waals surface area contributed by atoms with Gasteiger partial charge >= 0.3 is 5.97 Å². The van der Waals surface area contributed by atoms with E-state index < -0.39 is 5.97 Å². The van der Waals surface area contributed by atoms with Gasteiger partial charge in [0.05, 0.1) is 0 Å². The minimum atomic E-state index is -0.712. The van der Waals surface area contributed by atoms with Crippen LogP contribution in [0.1, 0.15) is 39.5 Å². The van der Waals surface area contributed by atoms with Crippen molar-refractivity contribution in [1.82, 2.24) is 5.32 Å². The minimum absolute atomic E-state index is 0.251. The monoisotopic (exact) mass is 211 g/mol. The van der Waals surface area contributed by atoms with Crippen LogP contribution >= 0.6 is 0 Å². The van der Waals surface area contributed by atoms with Gasteiger partial charge < -0.3 is 10.4 Å². The van der Waals surface area contributed by atoms with Crippen LogP contribution in [0.15, 0.2) is 12.2 Å². The maximum Gasteiger partial charge on any atom is 0.321 e. The molecule has 1 aliphatic carbocycles. The average Bonchev–Trinajstić information content (AvgIpc) is 2.26. The van der Waals surface area contributed by atoms with Crippen molar-refractivity contribution in [3.05, 3.63) is 12.2 Å². The normalized spacial score (nSPS) is 24.8. The third-order valence-corrected chi connectivity index (χ3v) is 3.12. The van der Waals surface area contributed by atoms with Gasteiger partial charge in [0.15, 0.2) is 0 Å². The molecule has 3 unspecified atom stereocenters. The van der Waals surface area contributed by atoms with E-state index in [1.165, 1.54) is 0 Å². The van der Waals surface area contributed by atoms with E-state index in [9.17, 15) is 9.90 Å². The zero-order valence-electron chi connectivity index (χ0n) is 9.57. The van der Waals surface area contributed by atoms with Crippen molar-refractivity contribution in [3.63, 3.8) is 0 Å². The molecule has 0 aliphatic heterocycles. The molecule has 3 heteroatoms. The summed E-state index contributed by atoms with van der Waals surface area (Å²) in [5.74, 6) is -0.461. The number of carbonyl (C=O) groups is 1. The number of carboxylic acids is 1. The first-order valence-corrected chi connectivity index (χ1v) is 5.79. The number of hydrogen-bond donors (Lipinski definition) is 2. The zero-order chi connectivity index (χ0) is 11.3. The molecule has 0 aromatic heterocycles. The Morgan fingerprint density at radius 2 is 2.33 bits per heavy atom. The molecule has 0 aromatic carbocycles. The van der Waals surface area contributed by atoms with E-state index in [1.807, 2.05) is 6.92 Å². The van der Waals surface area contributed by atoms with Crippen molar-refractivity contribution in [1.29, 1.82) is 0 Å². The number of nitrogens with one attached hydrogen (secondary N) is 1. The second-order valence-corrected chi connectivity index (χ2v) is 4.34. The highest BCUT2D eigenvalue weighted by Crippen LogP contribution is 2.22. The molecule has 0 heterocycles. The molecule has 1 aliphatic rings. The highest BCUT2D eigenvalue weighted by molar-refractivity contribution is 5.74. The maximum atomic E-state index is 11.2. The molecule has 2 N–H and O–H groups in total. The summed E-state index contributed by atoms with van der Waals surface area (Å²) in [6.07, 6.45) is 8.08. The molecule has 0 amide bonds. The van der Waals surface area contributed by atoms with Gasteiger partial charge in [-0.05, 0) is 38.5 Å². The fourth-order valence-corrected chi connectivity index (χ4v) is 1.95. The van der Waals surface area contributed by atoms with E-state index in [4.69, 9.17) is 0 Å². The second kappa shape index (κ2) is 5.91. The van der Waals surface area contributed by atoms with Crippen LogP contribution in [0.2, 0.25) is 0 Å². The lowest BCUT2D eigenvalue weighted by molar-refractivity contribution is -0.141. The van der Waals surface area contributed by atoms with Gasteiger partial charge in [0, 0.05) is 6.04 Å². The maximum absolute atomic E-state index is 11.2. The Morgan fingerprint density at radius 3 is 2.80 bits per heavy atom. The molecule has 0 aromatic rings. The van der Waals surface area contributed by atoms with E-state index in [-0.39, 0.29) is 18.0 Å². The lowest BCUT2D eigenvalue weighted by Gasteiger charge is -2.28. The molecule has 1 rings (SSSR count). The molecule has 15 heavy (non-hydrogen) atoms. The van der Waals surface area contributed by atoms with Gasteiger partial charge in [0.1, 0.15) is 6.04 Å². The van der Waals surface area contributed by atoms with E-state index >= 15 is 0 Å². The Bertz CT molecular complexity index is 238.